The molecule has 2 rings (SSSR count). The van der Waals surface area contributed by atoms with Crippen LogP contribution in [0, 0.1) is 5.41 Å². The molecule has 23 heavy (non-hydrogen) atoms. The molecular formula is C14H19F3N2O3S. The van der Waals surface area contributed by atoms with Crippen LogP contribution in [-0.4, -0.2) is 45.1 Å². The maximum Gasteiger partial charge on any atom is 0.422 e. The monoisotopic (exact) mass is 352 g/mol. The van der Waals surface area contributed by atoms with Crippen molar-refractivity contribution in [2.45, 2.75) is 24.4 Å². The molecule has 2 N–H and O–H groups in total. The Balaban J connectivity index is 2.09. The Morgan fingerprint density at radius 1 is 1.30 bits per heavy atom. The number of hydrogen-bond acceptors (Lipinski definition) is 4. The Morgan fingerprint density at radius 3 is 2.39 bits per heavy atom. The van der Waals surface area contributed by atoms with Gasteiger partial charge >= 0.3 is 6.18 Å². The lowest BCUT2D eigenvalue weighted by Gasteiger charge is -2.22. The Kier molecular flexibility index (Phi) is 4.93. The lowest BCUT2D eigenvalue weighted by atomic mass is 9.90. The predicted molar refractivity (Wildman–Crippen MR) is 78.5 cm³/mol. The van der Waals surface area contributed by atoms with Crippen LogP contribution in [0.2, 0.25) is 0 Å². The maximum absolute atomic E-state index is 12.5. The normalized spacial score (nSPS) is 23.2. The van der Waals surface area contributed by atoms with Gasteiger partial charge in [-0.2, -0.15) is 17.5 Å². The average Bonchev–Trinajstić information content (AvgIpc) is 2.89. The van der Waals surface area contributed by atoms with E-state index in [1.54, 1.807) is 0 Å². The summed E-state index contributed by atoms with van der Waals surface area (Å²) in [6.07, 6.45) is -3.76. The molecule has 1 heterocycles. The molecule has 0 bridgehead atoms. The Labute approximate surface area is 133 Å². The summed E-state index contributed by atoms with van der Waals surface area (Å²) in [4.78, 5) is 0.0260. The van der Waals surface area contributed by atoms with Gasteiger partial charge in [0.1, 0.15) is 5.75 Å². The number of ether oxygens (including phenoxy) is 1. The van der Waals surface area contributed by atoms with Gasteiger partial charge < -0.3 is 10.5 Å². The van der Waals surface area contributed by atoms with Crippen molar-refractivity contribution >= 4 is 10.0 Å². The third-order valence-electron chi connectivity index (χ3n) is 3.88. The van der Waals surface area contributed by atoms with Crippen molar-refractivity contribution in [1.29, 1.82) is 0 Å². The largest absolute Gasteiger partial charge is 0.484 e. The molecule has 9 heteroatoms. The number of nitrogens with zero attached hydrogens (tertiary/aromatic N) is 1. The van der Waals surface area contributed by atoms with E-state index in [1.807, 2.05) is 6.92 Å². The standard InChI is InChI=1S/C14H19F3N2O3S/c1-13(8-18)6-7-19(9-13)23(20,21)12-4-2-11(3-5-12)22-10-14(15,16)17/h2-5H,6-10,18H2,1H3. The van der Waals surface area contributed by atoms with E-state index < -0.39 is 22.8 Å². The van der Waals surface area contributed by atoms with Gasteiger partial charge in [-0.3, -0.25) is 0 Å². The van der Waals surface area contributed by atoms with Gasteiger partial charge in [-0.05, 0) is 42.6 Å². The minimum atomic E-state index is -4.44. The molecule has 0 radical (unpaired) electrons. The summed E-state index contributed by atoms with van der Waals surface area (Å²) >= 11 is 0. The van der Waals surface area contributed by atoms with Gasteiger partial charge in [-0.1, -0.05) is 6.92 Å². The Morgan fingerprint density at radius 2 is 1.91 bits per heavy atom. The third-order valence-corrected chi connectivity index (χ3v) is 5.74. The summed E-state index contributed by atoms with van der Waals surface area (Å²) < 4.78 is 67.2. The van der Waals surface area contributed by atoms with E-state index in [4.69, 9.17) is 5.73 Å². The van der Waals surface area contributed by atoms with Crippen molar-refractivity contribution in [3.05, 3.63) is 24.3 Å². The van der Waals surface area contributed by atoms with Crippen molar-refractivity contribution in [2.75, 3.05) is 26.2 Å². The molecule has 1 aliphatic rings. The van der Waals surface area contributed by atoms with Crippen LogP contribution >= 0.6 is 0 Å². The summed E-state index contributed by atoms with van der Waals surface area (Å²) in [5, 5.41) is 0. The number of benzene rings is 1. The van der Waals surface area contributed by atoms with Gasteiger partial charge in [0.15, 0.2) is 6.61 Å². The zero-order chi connectivity index (χ0) is 17.3. The average molecular weight is 352 g/mol. The zero-order valence-electron chi connectivity index (χ0n) is 12.6. The summed E-state index contributed by atoms with van der Waals surface area (Å²) in [6.45, 7) is 1.61. The Hall–Kier alpha value is -1.32. The zero-order valence-corrected chi connectivity index (χ0v) is 13.5. The molecule has 1 fully saturated rings. The highest BCUT2D eigenvalue weighted by atomic mass is 32.2. The second-order valence-electron chi connectivity index (χ2n) is 5.98. The molecule has 1 unspecified atom stereocenters. The minimum absolute atomic E-state index is 0.0260. The van der Waals surface area contributed by atoms with Crippen LogP contribution in [0.3, 0.4) is 0 Å². The fraction of sp³-hybridized carbons (Fsp3) is 0.571. The van der Waals surface area contributed by atoms with Crippen LogP contribution in [-0.2, 0) is 10.0 Å². The first kappa shape index (κ1) is 18.0. The van der Waals surface area contributed by atoms with Crippen molar-refractivity contribution in [3.63, 3.8) is 0 Å². The van der Waals surface area contributed by atoms with E-state index in [2.05, 4.69) is 4.74 Å². The number of sulfonamides is 1. The highest BCUT2D eigenvalue weighted by molar-refractivity contribution is 7.89. The SMILES string of the molecule is CC1(CN)CCN(S(=O)(=O)c2ccc(OCC(F)(F)F)cc2)C1. The van der Waals surface area contributed by atoms with E-state index >= 15 is 0 Å². The fourth-order valence-electron chi connectivity index (χ4n) is 2.37. The molecule has 1 aromatic carbocycles. The molecule has 1 atom stereocenters. The summed E-state index contributed by atoms with van der Waals surface area (Å²) in [5.41, 5.74) is 5.42. The molecule has 0 aromatic heterocycles. The van der Waals surface area contributed by atoms with Crippen LogP contribution in [0.25, 0.3) is 0 Å². The highest BCUT2D eigenvalue weighted by Gasteiger charge is 2.39. The van der Waals surface area contributed by atoms with E-state index in [1.165, 1.54) is 28.6 Å². The second-order valence-corrected chi connectivity index (χ2v) is 7.92. The molecule has 5 nitrogen and oxygen atoms in total. The summed E-state index contributed by atoms with van der Waals surface area (Å²) in [7, 11) is -3.68. The number of alkyl halides is 3. The van der Waals surface area contributed by atoms with Crippen LogP contribution in [0.1, 0.15) is 13.3 Å². The molecule has 0 aliphatic carbocycles. The Bertz CT molecular complexity index is 646. The molecule has 0 spiro atoms. The molecule has 1 aromatic rings. The van der Waals surface area contributed by atoms with E-state index in [9.17, 15) is 21.6 Å². The van der Waals surface area contributed by atoms with Gasteiger partial charge in [0.05, 0.1) is 4.90 Å². The fourth-order valence-corrected chi connectivity index (χ4v) is 3.96. The lowest BCUT2D eigenvalue weighted by molar-refractivity contribution is -0.153. The van der Waals surface area contributed by atoms with Crippen LogP contribution in [0.15, 0.2) is 29.2 Å². The first-order valence-corrected chi connectivity index (χ1v) is 8.50. The number of halogens is 3. The molecule has 0 amide bonds. The van der Waals surface area contributed by atoms with Crippen LogP contribution < -0.4 is 10.5 Å². The first-order chi connectivity index (χ1) is 10.6. The summed E-state index contributed by atoms with van der Waals surface area (Å²) in [5.74, 6) is -0.0329. The van der Waals surface area contributed by atoms with Crippen molar-refractivity contribution < 1.29 is 26.3 Å². The molecular weight excluding hydrogens is 333 g/mol. The number of hydrogen-bond donors (Lipinski definition) is 1. The van der Waals surface area contributed by atoms with E-state index in [0.29, 0.717) is 26.1 Å². The number of rotatable bonds is 5. The number of nitrogens with two attached hydrogens (primary N) is 1. The maximum atomic E-state index is 12.5. The van der Waals surface area contributed by atoms with Crippen molar-refractivity contribution in [3.8, 4) is 5.75 Å². The quantitative estimate of drug-likeness (QED) is 0.880. The van der Waals surface area contributed by atoms with Gasteiger partial charge in [0, 0.05) is 13.1 Å². The highest BCUT2D eigenvalue weighted by Crippen LogP contribution is 2.32. The second kappa shape index (κ2) is 6.29. The van der Waals surface area contributed by atoms with Crippen molar-refractivity contribution in [1.82, 2.24) is 4.31 Å². The minimum Gasteiger partial charge on any atom is -0.484 e. The van der Waals surface area contributed by atoms with Crippen LogP contribution in [0.5, 0.6) is 5.75 Å². The van der Waals surface area contributed by atoms with Gasteiger partial charge in [0.25, 0.3) is 0 Å². The van der Waals surface area contributed by atoms with Crippen LogP contribution in [0.4, 0.5) is 13.2 Å². The van der Waals surface area contributed by atoms with E-state index in [-0.39, 0.29) is 16.1 Å². The molecule has 0 saturated carbocycles. The molecule has 1 saturated heterocycles. The van der Waals surface area contributed by atoms with Gasteiger partial charge in [0.2, 0.25) is 10.0 Å². The van der Waals surface area contributed by atoms with Crippen molar-refractivity contribution in [2.24, 2.45) is 11.1 Å². The first-order valence-electron chi connectivity index (χ1n) is 7.06. The predicted octanol–water partition coefficient (Wildman–Crippen LogP) is 1.99. The van der Waals surface area contributed by atoms with Gasteiger partial charge in [-0.25, -0.2) is 8.42 Å². The van der Waals surface area contributed by atoms with E-state index in [0.717, 1.165) is 0 Å². The third kappa shape index (κ3) is 4.36. The van der Waals surface area contributed by atoms with Gasteiger partial charge in [-0.15, -0.1) is 0 Å². The smallest absolute Gasteiger partial charge is 0.422 e. The topological polar surface area (TPSA) is 72.6 Å². The lowest BCUT2D eigenvalue weighted by Crippen LogP contribution is -2.34. The molecule has 1 aliphatic heterocycles. The summed E-state index contributed by atoms with van der Waals surface area (Å²) in [6, 6.07) is 4.94. The molecule has 130 valence electrons.